The molecule has 1 heteroatoms. The van der Waals surface area contributed by atoms with Gasteiger partial charge >= 0.3 is 0 Å². The zero-order chi connectivity index (χ0) is 7.28. The third-order valence-electron chi connectivity index (χ3n) is 0.940. The van der Waals surface area contributed by atoms with Gasteiger partial charge in [-0.3, -0.25) is 0 Å². The summed E-state index contributed by atoms with van der Waals surface area (Å²) in [7, 11) is 0. The van der Waals surface area contributed by atoms with Crippen molar-refractivity contribution in [1.82, 2.24) is 0 Å². The van der Waals surface area contributed by atoms with Crippen LogP contribution in [-0.4, -0.2) is 6.61 Å². The fraction of sp³-hybridized carbons (Fsp3) is 0.750. The summed E-state index contributed by atoms with van der Waals surface area (Å²) in [5.41, 5.74) is 0. The molecule has 54 valence electrons. The van der Waals surface area contributed by atoms with E-state index in [0.29, 0.717) is 5.92 Å². The van der Waals surface area contributed by atoms with E-state index in [2.05, 4.69) is 19.9 Å². The molecule has 0 radical (unpaired) electrons. The van der Waals surface area contributed by atoms with Gasteiger partial charge in [-0.15, -0.1) is 0 Å². The van der Waals surface area contributed by atoms with Crippen molar-refractivity contribution >= 4 is 0 Å². The van der Waals surface area contributed by atoms with Crippen LogP contribution in [0.2, 0.25) is 0 Å². The number of hydrogen-bond acceptors (Lipinski definition) is 1. The molecule has 0 unspecified atom stereocenters. The molecule has 0 fully saturated rings. The fourth-order valence-corrected chi connectivity index (χ4v) is 0.745. The average molecular weight is 128 g/mol. The maximum absolute atomic E-state index is 5.21. The van der Waals surface area contributed by atoms with Crippen molar-refractivity contribution in [3.05, 3.63) is 11.8 Å². The first-order chi connectivity index (χ1) is 4.16. The third kappa shape index (κ3) is 5.41. The second kappa shape index (κ2) is 4.42. The van der Waals surface area contributed by atoms with Gasteiger partial charge in [0.25, 0.3) is 0 Å². The van der Waals surface area contributed by atoms with Crippen LogP contribution in [0, 0.1) is 5.92 Å². The first-order valence-corrected chi connectivity index (χ1v) is 3.48. The number of rotatable bonds is 3. The molecular weight excluding hydrogens is 112 g/mol. The molecule has 0 aromatic carbocycles. The molecule has 0 aromatic rings. The molecular formula is C8H16O. The molecule has 0 aliphatic rings. The lowest BCUT2D eigenvalue weighted by Crippen LogP contribution is -1.89. The largest absolute Gasteiger partial charge is 0.499 e. The predicted molar refractivity (Wildman–Crippen MR) is 40.2 cm³/mol. The Morgan fingerprint density at radius 1 is 1.56 bits per heavy atom. The SMILES string of the molecule is CCOC(C)=CC(C)C. The number of hydrogen-bond donors (Lipinski definition) is 0. The molecule has 0 heterocycles. The highest BCUT2D eigenvalue weighted by molar-refractivity contribution is 4.90. The summed E-state index contributed by atoms with van der Waals surface area (Å²) >= 11 is 0. The van der Waals surface area contributed by atoms with Crippen molar-refractivity contribution in [2.75, 3.05) is 6.61 Å². The third-order valence-corrected chi connectivity index (χ3v) is 0.940. The molecule has 9 heavy (non-hydrogen) atoms. The van der Waals surface area contributed by atoms with E-state index >= 15 is 0 Å². The van der Waals surface area contributed by atoms with Gasteiger partial charge in [-0.2, -0.15) is 0 Å². The van der Waals surface area contributed by atoms with Crippen LogP contribution in [0.4, 0.5) is 0 Å². The molecule has 0 amide bonds. The first kappa shape index (κ1) is 8.54. The van der Waals surface area contributed by atoms with Crippen molar-refractivity contribution in [2.24, 2.45) is 5.92 Å². The highest BCUT2D eigenvalue weighted by atomic mass is 16.5. The van der Waals surface area contributed by atoms with Crippen molar-refractivity contribution in [2.45, 2.75) is 27.7 Å². The second-order valence-corrected chi connectivity index (χ2v) is 2.45. The smallest absolute Gasteiger partial charge is 0.0891 e. The van der Waals surface area contributed by atoms with Crippen LogP contribution >= 0.6 is 0 Å². The predicted octanol–water partition coefficient (Wildman–Crippen LogP) is 2.58. The van der Waals surface area contributed by atoms with E-state index in [0.717, 1.165) is 12.4 Å². The number of ether oxygens (including phenoxy) is 1. The molecule has 0 bridgehead atoms. The standard InChI is InChI=1S/C8H16O/c1-5-9-8(4)6-7(2)3/h6-7H,5H2,1-4H3. The van der Waals surface area contributed by atoms with Crippen molar-refractivity contribution in [3.63, 3.8) is 0 Å². The summed E-state index contributed by atoms with van der Waals surface area (Å²) in [6, 6.07) is 0. The second-order valence-electron chi connectivity index (χ2n) is 2.45. The normalized spacial score (nSPS) is 12.3. The van der Waals surface area contributed by atoms with Crippen molar-refractivity contribution in [3.8, 4) is 0 Å². The van der Waals surface area contributed by atoms with E-state index < -0.39 is 0 Å². The summed E-state index contributed by atoms with van der Waals surface area (Å²) < 4.78 is 5.21. The lowest BCUT2D eigenvalue weighted by atomic mass is 10.2. The topological polar surface area (TPSA) is 9.23 Å². The first-order valence-electron chi connectivity index (χ1n) is 3.48. The zero-order valence-electron chi connectivity index (χ0n) is 6.77. The molecule has 0 atom stereocenters. The Kier molecular flexibility index (Phi) is 4.20. The Balaban J connectivity index is 3.55. The number of allylic oxidation sites excluding steroid dienone is 2. The highest BCUT2D eigenvalue weighted by Crippen LogP contribution is 2.01. The summed E-state index contributed by atoms with van der Waals surface area (Å²) in [5.74, 6) is 1.63. The van der Waals surface area contributed by atoms with Gasteiger partial charge in [0, 0.05) is 0 Å². The Morgan fingerprint density at radius 3 is 2.44 bits per heavy atom. The summed E-state index contributed by atoms with van der Waals surface area (Å²) in [5, 5.41) is 0. The van der Waals surface area contributed by atoms with E-state index in [9.17, 15) is 0 Å². The maximum atomic E-state index is 5.21. The Morgan fingerprint density at radius 2 is 2.11 bits per heavy atom. The average Bonchev–Trinajstić information content (AvgIpc) is 1.63. The van der Waals surface area contributed by atoms with Gasteiger partial charge < -0.3 is 4.74 Å². The quantitative estimate of drug-likeness (QED) is 0.531. The summed E-state index contributed by atoms with van der Waals surface area (Å²) in [4.78, 5) is 0. The maximum Gasteiger partial charge on any atom is 0.0891 e. The zero-order valence-corrected chi connectivity index (χ0v) is 6.77. The molecule has 0 saturated heterocycles. The van der Waals surface area contributed by atoms with E-state index in [1.54, 1.807) is 0 Å². The lowest BCUT2D eigenvalue weighted by molar-refractivity contribution is 0.229. The van der Waals surface area contributed by atoms with Crippen LogP contribution in [0.15, 0.2) is 11.8 Å². The van der Waals surface area contributed by atoms with Crippen LogP contribution in [-0.2, 0) is 4.74 Å². The van der Waals surface area contributed by atoms with Crippen LogP contribution in [0.5, 0.6) is 0 Å². The lowest BCUT2D eigenvalue weighted by Gasteiger charge is -2.03. The van der Waals surface area contributed by atoms with E-state index in [1.807, 2.05) is 13.8 Å². The molecule has 0 rings (SSSR count). The highest BCUT2D eigenvalue weighted by Gasteiger charge is 1.89. The molecule has 0 aliphatic heterocycles. The summed E-state index contributed by atoms with van der Waals surface area (Å²) in [6.45, 7) is 9.04. The van der Waals surface area contributed by atoms with Gasteiger partial charge in [-0.05, 0) is 25.8 Å². The van der Waals surface area contributed by atoms with Crippen LogP contribution in [0.25, 0.3) is 0 Å². The molecule has 0 aliphatic carbocycles. The monoisotopic (exact) mass is 128 g/mol. The van der Waals surface area contributed by atoms with E-state index in [1.165, 1.54) is 0 Å². The molecule has 0 N–H and O–H groups in total. The Labute approximate surface area is 57.7 Å². The van der Waals surface area contributed by atoms with Crippen LogP contribution in [0.3, 0.4) is 0 Å². The molecule has 0 aromatic heterocycles. The fourth-order valence-electron chi connectivity index (χ4n) is 0.745. The molecule has 0 spiro atoms. The van der Waals surface area contributed by atoms with Crippen molar-refractivity contribution < 1.29 is 4.74 Å². The minimum Gasteiger partial charge on any atom is -0.499 e. The minimum absolute atomic E-state index is 0.594. The van der Waals surface area contributed by atoms with Crippen LogP contribution < -0.4 is 0 Å². The van der Waals surface area contributed by atoms with Gasteiger partial charge in [-0.1, -0.05) is 13.8 Å². The Hall–Kier alpha value is -0.460. The van der Waals surface area contributed by atoms with E-state index in [4.69, 9.17) is 4.74 Å². The minimum atomic E-state index is 0.594. The van der Waals surface area contributed by atoms with Crippen LogP contribution in [0.1, 0.15) is 27.7 Å². The van der Waals surface area contributed by atoms with Crippen molar-refractivity contribution in [1.29, 1.82) is 0 Å². The summed E-state index contributed by atoms with van der Waals surface area (Å²) in [6.07, 6.45) is 2.11. The van der Waals surface area contributed by atoms with E-state index in [-0.39, 0.29) is 0 Å². The molecule has 0 saturated carbocycles. The van der Waals surface area contributed by atoms with Gasteiger partial charge in [-0.25, -0.2) is 0 Å². The van der Waals surface area contributed by atoms with Gasteiger partial charge in [0.1, 0.15) is 0 Å². The Bertz CT molecular complexity index is 92.7. The van der Waals surface area contributed by atoms with Gasteiger partial charge in [0.05, 0.1) is 12.4 Å². The van der Waals surface area contributed by atoms with Gasteiger partial charge in [0.15, 0.2) is 0 Å². The molecule has 1 nitrogen and oxygen atoms in total. The van der Waals surface area contributed by atoms with Gasteiger partial charge in [0.2, 0.25) is 0 Å².